The van der Waals surface area contributed by atoms with Crippen LogP contribution >= 0.6 is 0 Å². The van der Waals surface area contributed by atoms with E-state index in [4.69, 9.17) is 0 Å². The third-order valence-electron chi connectivity index (χ3n) is 11.0. The van der Waals surface area contributed by atoms with Gasteiger partial charge in [0.25, 0.3) is 0 Å². The minimum atomic E-state index is -3.70. The molecule has 4 aromatic rings. The van der Waals surface area contributed by atoms with E-state index in [0.717, 1.165) is 55.5 Å². The molecule has 2 aromatic heterocycles. The zero-order valence-electron chi connectivity index (χ0n) is 30.9. The van der Waals surface area contributed by atoms with Crippen molar-refractivity contribution >= 4 is 38.8 Å². The number of halogens is 2. The van der Waals surface area contributed by atoms with Crippen molar-refractivity contribution in [3.8, 4) is 5.75 Å². The number of imide groups is 1. The summed E-state index contributed by atoms with van der Waals surface area (Å²) in [7, 11) is -1.96. The number of piperidine rings is 3. The standard InChI is InChI=1S/C38H46F2N8O6S/c1-24(19-25-5-3-6-29(20-25)55(52,53)47-17-13-27(14-18-47)43-37-41-21-28(22-42-37)54-36(39)40)23-46-15-11-26(12-16-46)30-7-4-8-31-34(30)45(2)38(51)48(31)32-9-10-33(49)44-35(32)50/h3-8,20-22,24,26-27,32,36H,9-19,23H2,1-2H3,(H,41,42,43)(H,44,49,50). The first-order valence-corrected chi connectivity index (χ1v) is 20.2. The molecule has 3 aliphatic heterocycles. The molecule has 2 aromatic carbocycles. The van der Waals surface area contributed by atoms with Crippen LogP contribution in [-0.4, -0.2) is 93.9 Å². The molecule has 2 N–H and O–H groups in total. The van der Waals surface area contributed by atoms with Crippen LogP contribution in [0, 0.1) is 5.92 Å². The first-order valence-electron chi connectivity index (χ1n) is 18.8. The summed E-state index contributed by atoms with van der Waals surface area (Å²) < 4.78 is 61.1. The maximum atomic E-state index is 13.7. The molecule has 0 radical (unpaired) electrons. The zero-order chi connectivity index (χ0) is 38.9. The molecule has 3 aliphatic rings. The lowest BCUT2D eigenvalue weighted by atomic mass is 9.88. The number of anilines is 1. The van der Waals surface area contributed by atoms with Gasteiger partial charge in [-0.3, -0.25) is 24.0 Å². The first kappa shape index (κ1) is 38.5. The van der Waals surface area contributed by atoms with Gasteiger partial charge in [0.15, 0.2) is 5.75 Å². The number of rotatable bonds is 12. The van der Waals surface area contributed by atoms with Gasteiger partial charge < -0.3 is 15.0 Å². The fourth-order valence-corrected chi connectivity index (χ4v) is 9.86. The third-order valence-corrected chi connectivity index (χ3v) is 12.9. The number of likely N-dealkylation sites (tertiary alicyclic amines) is 1. The summed E-state index contributed by atoms with van der Waals surface area (Å²) in [4.78, 5) is 48.6. The molecule has 2 atom stereocenters. The zero-order valence-corrected chi connectivity index (χ0v) is 31.7. The average Bonchev–Trinajstić information content (AvgIpc) is 3.41. The minimum Gasteiger partial charge on any atom is -0.432 e. The third kappa shape index (κ3) is 8.43. The number of amides is 2. The number of aryl methyl sites for hydroxylation is 1. The Bertz CT molecular complexity index is 2200. The number of carbonyl (C=O) groups excluding carboxylic acids is 2. The van der Waals surface area contributed by atoms with Gasteiger partial charge in [0.05, 0.1) is 28.3 Å². The Morgan fingerprint density at radius 2 is 1.67 bits per heavy atom. The first-order chi connectivity index (χ1) is 26.4. The van der Waals surface area contributed by atoms with Gasteiger partial charge >= 0.3 is 12.3 Å². The van der Waals surface area contributed by atoms with Crippen molar-refractivity contribution in [1.29, 1.82) is 0 Å². The Morgan fingerprint density at radius 3 is 2.36 bits per heavy atom. The minimum absolute atomic E-state index is 0.0695. The van der Waals surface area contributed by atoms with E-state index in [1.807, 2.05) is 18.2 Å². The monoisotopic (exact) mass is 780 g/mol. The number of imidazole rings is 1. The van der Waals surface area contributed by atoms with Crippen LogP contribution in [0.2, 0.25) is 0 Å². The Labute approximate surface area is 317 Å². The van der Waals surface area contributed by atoms with Gasteiger partial charge in [-0.25, -0.2) is 23.2 Å². The molecule has 2 amide bonds. The van der Waals surface area contributed by atoms with Gasteiger partial charge in [0.1, 0.15) is 6.04 Å². The SMILES string of the molecule is CC(Cc1cccc(S(=O)(=O)N2CCC(Nc3ncc(OC(F)F)cn3)CC2)c1)CN1CCC(c2cccc3c2n(C)c(=O)n3C2CCC(=O)NC2=O)CC1. The van der Waals surface area contributed by atoms with E-state index in [1.54, 1.807) is 29.8 Å². The van der Waals surface area contributed by atoms with Gasteiger partial charge in [-0.1, -0.05) is 31.2 Å². The highest BCUT2D eigenvalue weighted by atomic mass is 32.2. The van der Waals surface area contributed by atoms with E-state index in [-0.39, 0.29) is 52.5 Å². The van der Waals surface area contributed by atoms with Crippen molar-refractivity contribution in [2.24, 2.45) is 13.0 Å². The van der Waals surface area contributed by atoms with Crippen LogP contribution in [0.5, 0.6) is 5.75 Å². The summed E-state index contributed by atoms with van der Waals surface area (Å²) >= 11 is 0. The topological polar surface area (TPSA) is 161 Å². The quantitative estimate of drug-likeness (QED) is 0.201. The Morgan fingerprint density at radius 1 is 0.964 bits per heavy atom. The fraction of sp³-hybridized carbons (Fsp3) is 0.500. The molecule has 14 nitrogen and oxygen atoms in total. The number of benzene rings is 2. The molecule has 17 heteroatoms. The number of hydrogen-bond donors (Lipinski definition) is 2. The van der Waals surface area contributed by atoms with Crippen LogP contribution < -0.4 is 21.1 Å². The van der Waals surface area contributed by atoms with E-state index >= 15 is 0 Å². The predicted octanol–water partition coefficient (Wildman–Crippen LogP) is 4.03. The van der Waals surface area contributed by atoms with Crippen LogP contribution in [0.3, 0.4) is 0 Å². The van der Waals surface area contributed by atoms with Crippen LogP contribution in [0.1, 0.15) is 68.5 Å². The second-order valence-electron chi connectivity index (χ2n) is 14.9. The lowest BCUT2D eigenvalue weighted by Crippen LogP contribution is -2.44. The van der Waals surface area contributed by atoms with Crippen LogP contribution in [-0.2, 0) is 33.1 Å². The summed E-state index contributed by atoms with van der Waals surface area (Å²) in [5, 5.41) is 5.52. The number of nitrogens with zero attached hydrogens (tertiary/aromatic N) is 6. The van der Waals surface area contributed by atoms with Gasteiger partial charge in [-0.15, -0.1) is 0 Å². The lowest BCUT2D eigenvalue weighted by Gasteiger charge is -2.34. The molecular weight excluding hydrogens is 735 g/mol. The van der Waals surface area contributed by atoms with Gasteiger partial charge in [0.2, 0.25) is 27.8 Å². The maximum Gasteiger partial charge on any atom is 0.387 e. The number of fused-ring (bicyclic) bond motifs is 1. The molecule has 5 heterocycles. The summed E-state index contributed by atoms with van der Waals surface area (Å²) in [6, 6.07) is 12.3. The van der Waals surface area contributed by atoms with Crippen molar-refractivity contribution < 1.29 is 31.5 Å². The highest BCUT2D eigenvalue weighted by Gasteiger charge is 2.33. The highest BCUT2D eigenvalue weighted by molar-refractivity contribution is 7.89. The van der Waals surface area contributed by atoms with Crippen molar-refractivity contribution in [3.05, 3.63) is 76.5 Å². The molecule has 2 unspecified atom stereocenters. The Balaban J connectivity index is 0.920. The molecule has 0 spiro atoms. The van der Waals surface area contributed by atoms with Crippen molar-refractivity contribution in [2.45, 2.75) is 81.4 Å². The summed E-state index contributed by atoms with van der Waals surface area (Å²) in [6.45, 7) is 2.50. The van der Waals surface area contributed by atoms with Crippen molar-refractivity contribution in [2.75, 3.05) is 38.0 Å². The highest BCUT2D eigenvalue weighted by Crippen LogP contribution is 2.34. The van der Waals surface area contributed by atoms with Crippen LogP contribution in [0.4, 0.5) is 14.7 Å². The molecule has 294 valence electrons. The maximum absolute atomic E-state index is 13.7. The second kappa shape index (κ2) is 16.2. The fourth-order valence-electron chi connectivity index (χ4n) is 8.32. The number of sulfonamides is 1. The molecule has 0 saturated carbocycles. The van der Waals surface area contributed by atoms with E-state index in [0.29, 0.717) is 37.9 Å². The molecule has 0 bridgehead atoms. The number of para-hydroxylation sites is 1. The average molecular weight is 781 g/mol. The summed E-state index contributed by atoms with van der Waals surface area (Å²) in [5.41, 5.74) is 3.34. The molecular formula is C38H46F2N8O6S. The number of carbonyl (C=O) groups is 2. The van der Waals surface area contributed by atoms with Gasteiger partial charge in [0, 0.05) is 39.1 Å². The number of hydrogen-bond acceptors (Lipinski definition) is 10. The number of ether oxygens (including phenoxy) is 1. The molecule has 0 aliphatic carbocycles. The Kier molecular flexibility index (Phi) is 11.3. The van der Waals surface area contributed by atoms with Crippen LogP contribution in [0.15, 0.2) is 64.5 Å². The molecule has 3 fully saturated rings. The lowest BCUT2D eigenvalue weighted by molar-refractivity contribution is -0.135. The number of nitrogens with one attached hydrogen (secondary N) is 2. The predicted molar refractivity (Wildman–Crippen MR) is 200 cm³/mol. The van der Waals surface area contributed by atoms with Gasteiger partial charge in [-0.2, -0.15) is 13.1 Å². The number of aromatic nitrogens is 4. The smallest absolute Gasteiger partial charge is 0.387 e. The van der Waals surface area contributed by atoms with E-state index in [1.165, 1.54) is 21.3 Å². The summed E-state index contributed by atoms with van der Waals surface area (Å²) in [5.74, 6) is -0.107. The van der Waals surface area contributed by atoms with E-state index < -0.39 is 28.6 Å². The molecule has 55 heavy (non-hydrogen) atoms. The van der Waals surface area contributed by atoms with E-state index in [2.05, 4.69) is 43.2 Å². The van der Waals surface area contributed by atoms with Crippen molar-refractivity contribution in [1.82, 2.24) is 33.6 Å². The second-order valence-corrected chi connectivity index (χ2v) is 16.8. The number of alkyl halides is 2. The largest absolute Gasteiger partial charge is 0.432 e. The molecule has 7 rings (SSSR count). The normalized spacial score (nSPS) is 20.2. The van der Waals surface area contributed by atoms with E-state index in [9.17, 15) is 31.6 Å². The van der Waals surface area contributed by atoms with Crippen molar-refractivity contribution in [3.63, 3.8) is 0 Å². The molecule has 3 saturated heterocycles. The summed E-state index contributed by atoms with van der Waals surface area (Å²) in [6.07, 6.45) is 6.45. The van der Waals surface area contributed by atoms with Crippen LogP contribution in [0.25, 0.3) is 11.0 Å². The Hall–Kier alpha value is -4.74. The van der Waals surface area contributed by atoms with Gasteiger partial charge in [-0.05, 0) is 92.8 Å².